The Labute approximate surface area is 109 Å². The third-order valence-electron chi connectivity index (χ3n) is 2.33. The first-order valence-corrected chi connectivity index (χ1v) is 6.75. The van der Waals surface area contributed by atoms with Crippen LogP contribution >= 0.6 is 11.3 Å². The lowest BCUT2D eigenvalue weighted by Crippen LogP contribution is -2.26. The number of carbonyl (C=O) groups is 1. The number of aryl methyl sites for hydroxylation is 1. The van der Waals surface area contributed by atoms with E-state index in [1.807, 2.05) is 5.38 Å². The van der Waals surface area contributed by atoms with Crippen LogP contribution in [-0.4, -0.2) is 32.6 Å². The number of hydrogen-bond acceptors (Lipinski definition) is 5. The Kier molecular flexibility index (Phi) is 4.40. The summed E-state index contributed by atoms with van der Waals surface area (Å²) in [5.74, 6) is 0.713. The highest BCUT2D eigenvalue weighted by molar-refractivity contribution is 7.09. The van der Waals surface area contributed by atoms with Crippen LogP contribution in [0.2, 0.25) is 0 Å². The summed E-state index contributed by atoms with van der Waals surface area (Å²) in [6.45, 7) is 2.60. The maximum atomic E-state index is 11.7. The highest BCUT2D eigenvalue weighted by Crippen LogP contribution is 2.03. The Morgan fingerprint density at radius 3 is 3.11 bits per heavy atom. The molecule has 0 saturated heterocycles. The summed E-state index contributed by atoms with van der Waals surface area (Å²) in [4.78, 5) is 20.0. The number of nitrogens with one attached hydrogen (secondary N) is 2. The summed E-state index contributed by atoms with van der Waals surface area (Å²) in [5.41, 5.74) is 0. The van der Waals surface area contributed by atoms with Crippen LogP contribution in [0.15, 0.2) is 11.6 Å². The van der Waals surface area contributed by atoms with Crippen molar-refractivity contribution in [1.82, 2.24) is 25.5 Å². The van der Waals surface area contributed by atoms with Crippen molar-refractivity contribution in [2.45, 2.75) is 26.2 Å². The second kappa shape index (κ2) is 6.25. The quantitative estimate of drug-likeness (QED) is 0.821. The summed E-state index contributed by atoms with van der Waals surface area (Å²) < 4.78 is 0. The Hall–Kier alpha value is -1.76. The second-order valence-corrected chi connectivity index (χ2v) is 4.77. The lowest BCUT2D eigenvalue weighted by Gasteiger charge is -1.99. The number of rotatable bonds is 6. The zero-order valence-corrected chi connectivity index (χ0v) is 11.0. The average Bonchev–Trinajstić information content (AvgIpc) is 3.00. The zero-order chi connectivity index (χ0) is 12.8. The van der Waals surface area contributed by atoms with Crippen molar-refractivity contribution in [3.8, 4) is 0 Å². The zero-order valence-electron chi connectivity index (χ0n) is 10.1. The molecule has 0 saturated carbocycles. The minimum absolute atomic E-state index is 0.206. The van der Waals surface area contributed by atoms with Crippen LogP contribution < -0.4 is 5.32 Å². The molecule has 0 atom stereocenters. The van der Waals surface area contributed by atoms with Gasteiger partial charge < -0.3 is 5.32 Å². The van der Waals surface area contributed by atoms with Crippen LogP contribution in [0.1, 0.15) is 34.8 Å². The van der Waals surface area contributed by atoms with E-state index in [0.717, 1.165) is 30.1 Å². The minimum atomic E-state index is -0.245. The maximum Gasteiger partial charge on any atom is 0.290 e. The van der Waals surface area contributed by atoms with Gasteiger partial charge in [-0.3, -0.25) is 9.89 Å². The fourth-order valence-corrected chi connectivity index (χ4v) is 2.10. The fraction of sp³-hybridized carbons (Fsp3) is 0.455. The van der Waals surface area contributed by atoms with E-state index >= 15 is 0 Å². The first kappa shape index (κ1) is 12.7. The molecule has 2 heterocycles. The van der Waals surface area contributed by atoms with Crippen molar-refractivity contribution >= 4 is 17.2 Å². The highest BCUT2D eigenvalue weighted by atomic mass is 32.1. The summed E-state index contributed by atoms with van der Waals surface area (Å²) in [6, 6.07) is 0. The Morgan fingerprint density at radius 1 is 1.50 bits per heavy atom. The van der Waals surface area contributed by atoms with Gasteiger partial charge in [0.25, 0.3) is 5.91 Å². The summed E-state index contributed by atoms with van der Waals surface area (Å²) in [5, 5.41) is 12.4. The summed E-state index contributed by atoms with van der Waals surface area (Å²) in [6.07, 6.45) is 4.27. The van der Waals surface area contributed by atoms with E-state index in [1.54, 1.807) is 17.5 Å². The van der Waals surface area contributed by atoms with Crippen LogP contribution in [0, 0.1) is 0 Å². The number of hydrogen-bond donors (Lipinski definition) is 2. The molecule has 0 bridgehead atoms. The molecule has 0 aliphatic carbocycles. The normalized spacial score (nSPS) is 10.5. The van der Waals surface area contributed by atoms with Crippen molar-refractivity contribution in [3.05, 3.63) is 28.2 Å². The van der Waals surface area contributed by atoms with Gasteiger partial charge in [-0.1, -0.05) is 6.92 Å². The van der Waals surface area contributed by atoms with Crippen LogP contribution in [0.3, 0.4) is 0 Å². The molecule has 6 nitrogen and oxygen atoms in total. The first-order chi connectivity index (χ1) is 8.79. The lowest BCUT2D eigenvalue weighted by molar-refractivity contribution is 0.0944. The molecular formula is C11H15N5OS. The SMILES string of the molecule is CCCc1nc(C(=O)NCCc2nccs2)n[nH]1. The second-order valence-electron chi connectivity index (χ2n) is 3.79. The van der Waals surface area contributed by atoms with Gasteiger partial charge in [-0.25, -0.2) is 9.97 Å². The van der Waals surface area contributed by atoms with Crippen molar-refractivity contribution < 1.29 is 4.79 Å². The Morgan fingerprint density at radius 2 is 2.39 bits per heavy atom. The number of nitrogens with zero attached hydrogens (tertiary/aromatic N) is 3. The van der Waals surface area contributed by atoms with E-state index < -0.39 is 0 Å². The average molecular weight is 265 g/mol. The molecule has 2 aromatic heterocycles. The molecule has 0 aromatic carbocycles. The fourth-order valence-electron chi connectivity index (χ4n) is 1.48. The molecule has 2 aromatic rings. The van der Waals surface area contributed by atoms with Crippen LogP contribution in [-0.2, 0) is 12.8 Å². The number of thiazole rings is 1. The topological polar surface area (TPSA) is 83.6 Å². The van der Waals surface area contributed by atoms with E-state index in [0.29, 0.717) is 6.54 Å². The van der Waals surface area contributed by atoms with E-state index in [-0.39, 0.29) is 11.7 Å². The molecule has 0 fully saturated rings. The number of H-pyrrole nitrogens is 1. The molecule has 1 amide bonds. The smallest absolute Gasteiger partial charge is 0.290 e. The lowest BCUT2D eigenvalue weighted by atomic mass is 10.3. The number of amides is 1. The highest BCUT2D eigenvalue weighted by Gasteiger charge is 2.11. The number of aromatic nitrogens is 4. The van der Waals surface area contributed by atoms with Gasteiger partial charge in [0.1, 0.15) is 5.82 Å². The number of aromatic amines is 1. The van der Waals surface area contributed by atoms with Gasteiger partial charge >= 0.3 is 0 Å². The van der Waals surface area contributed by atoms with Crippen molar-refractivity contribution in [1.29, 1.82) is 0 Å². The Balaban J connectivity index is 1.80. The molecule has 0 unspecified atom stereocenters. The van der Waals surface area contributed by atoms with E-state index in [1.165, 1.54) is 0 Å². The van der Waals surface area contributed by atoms with E-state index in [2.05, 4.69) is 32.4 Å². The predicted molar refractivity (Wildman–Crippen MR) is 68.5 cm³/mol. The van der Waals surface area contributed by atoms with Crippen molar-refractivity contribution in [3.63, 3.8) is 0 Å². The van der Waals surface area contributed by atoms with Crippen molar-refractivity contribution in [2.24, 2.45) is 0 Å². The van der Waals surface area contributed by atoms with E-state index in [4.69, 9.17) is 0 Å². The van der Waals surface area contributed by atoms with Gasteiger partial charge in [0.05, 0.1) is 5.01 Å². The molecular weight excluding hydrogens is 250 g/mol. The van der Waals surface area contributed by atoms with Gasteiger partial charge in [-0.05, 0) is 6.42 Å². The van der Waals surface area contributed by atoms with Gasteiger partial charge in [0.15, 0.2) is 0 Å². The monoisotopic (exact) mass is 265 g/mol. The molecule has 0 aliphatic heterocycles. The van der Waals surface area contributed by atoms with Gasteiger partial charge in [-0.2, -0.15) is 0 Å². The van der Waals surface area contributed by atoms with Gasteiger partial charge in [-0.15, -0.1) is 16.4 Å². The number of carbonyl (C=O) groups excluding carboxylic acids is 1. The molecule has 0 radical (unpaired) electrons. The van der Waals surface area contributed by atoms with Crippen LogP contribution in [0.25, 0.3) is 0 Å². The summed E-state index contributed by atoms with van der Waals surface area (Å²) >= 11 is 1.58. The predicted octanol–water partition coefficient (Wildman–Crippen LogP) is 1.19. The van der Waals surface area contributed by atoms with Gasteiger partial charge in [0, 0.05) is 31.0 Å². The largest absolute Gasteiger partial charge is 0.349 e. The molecule has 18 heavy (non-hydrogen) atoms. The molecule has 7 heteroatoms. The molecule has 2 rings (SSSR count). The molecule has 96 valence electrons. The summed E-state index contributed by atoms with van der Waals surface area (Å²) in [7, 11) is 0. The van der Waals surface area contributed by atoms with Crippen molar-refractivity contribution in [2.75, 3.05) is 6.54 Å². The first-order valence-electron chi connectivity index (χ1n) is 5.87. The third-order valence-corrected chi connectivity index (χ3v) is 3.17. The molecule has 0 spiro atoms. The van der Waals surface area contributed by atoms with E-state index in [9.17, 15) is 4.79 Å². The maximum absolute atomic E-state index is 11.7. The molecule has 0 aliphatic rings. The van der Waals surface area contributed by atoms with Gasteiger partial charge in [0.2, 0.25) is 5.82 Å². The third kappa shape index (κ3) is 3.36. The molecule has 2 N–H and O–H groups in total. The Bertz CT molecular complexity index is 493. The van der Waals surface area contributed by atoms with Crippen LogP contribution in [0.5, 0.6) is 0 Å². The standard InChI is InChI=1S/C11H15N5OS/c1-2-3-8-14-10(16-15-8)11(17)13-5-4-9-12-6-7-18-9/h6-7H,2-5H2,1H3,(H,13,17)(H,14,15,16). The van der Waals surface area contributed by atoms with Crippen LogP contribution in [0.4, 0.5) is 0 Å². The minimum Gasteiger partial charge on any atom is -0.349 e.